The highest BCUT2D eigenvalue weighted by molar-refractivity contribution is 7.89. The third kappa shape index (κ3) is 6.15. The van der Waals surface area contributed by atoms with Crippen molar-refractivity contribution in [1.29, 1.82) is 0 Å². The number of pyridine rings is 1. The van der Waals surface area contributed by atoms with Crippen LogP contribution in [0.2, 0.25) is 0 Å². The minimum atomic E-state index is -3.71. The first kappa shape index (κ1) is 25.1. The molecule has 4 rings (SSSR count). The Morgan fingerprint density at radius 3 is 2.49 bits per heavy atom. The number of nitrogens with one attached hydrogen (secondary N) is 2. The van der Waals surface area contributed by atoms with E-state index in [-0.39, 0.29) is 34.6 Å². The Bertz CT molecular complexity index is 1290. The van der Waals surface area contributed by atoms with Gasteiger partial charge in [-0.1, -0.05) is 12.1 Å². The number of halogens is 1. The van der Waals surface area contributed by atoms with Crippen molar-refractivity contribution < 1.29 is 22.3 Å². The number of nitrogens with zero attached hydrogens (tertiary/aromatic N) is 1. The maximum atomic E-state index is 13.1. The fourth-order valence-corrected chi connectivity index (χ4v) is 5.75. The highest BCUT2D eigenvalue weighted by Crippen LogP contribution is 2.27. The van der Waals surface area contributed by atoms with Crippen molar-refractivity contribution in [3.63, 3.8) is 0 Å². The fraction of sp³-hybridized carbons (Fsp3) is 0.385. The van der Waals surface area contributed by atoms with Gasteiger partial charge >= 0.3 is 0 Å². The molecular formula is C26H30FN3O4S. The number of hydrogen-bond donors (Lipinski definition) is 2. The van der Waals surface area contributed by atoms with E-state index in [1.54, 1.807) is 42.5 Å². The van der Waals surface area contributed by atoms with Crippen molar-refractivity contribution in [3.05, 3.63) is 66.0 Å². The van der Waals surface area contributed by atoms with Gasteiger partial charge in [-0.15, -0.1) is 0 Å². The number of ether oxygens (including phenoxy) is 1. The molecule has 0 aliphatic heterocycles. The molecule has 0 unspecified atom stereocenters. The predicted molar refractivity (Wildman–Crippen MR) is 132 cm³/mol. The number of benzene rings is 2. The van der Waals surface area contributed by atoms with E-state index in [9.17, 15) is 17.6 Å². The summed E-state index contributed by atoms with van der Waals surface area (Å²) in [4.78, 5) is 17.3. The molecule has 35 heavy (non-hydrogen) atoms. The van der Waals surface area contributed by atoms with Gasteiger partial charge in [-0.05, 0) is 81.5 Å². The van der Waals surface area contributed by atoms with E-state index in [2.05, 4.69) is 15.0 Å². The van der Waals surface area contributed by atoms with E-state index >= 15 is 0 Å². The first-order valence-corrected chi connectivity index (χ1v) is 13.4. The number of carbonyl (C=O) groups is 1. The summed E-state index contributed by atoms with van der Waals surface area (Å²) in [6, 6.07) is 14.0. The molecule has 1 aromatic heterocycles. The lowest BCUT2D eigenvalue weighted by atomic mass is 9.85. The second-order valence-corrected chi connectivity index (χ2v) is 10.6. The Balaban J connectivity index is 1.33. The van der Waals surface area contributed by atoms with Gasteiger partial charge in [0.1, 0.15) is 5.82 Å². The maximum absolute atomic E-state index is 13.1. The van der Waals surface area contributed by atoms with Crippen LogP contribution in [0.25, 0.3) is 10.9 Å². The molecule has 1 aliphatic carbocycles. The number of aromatic nitrogens is 1. The van der Waals surface area contributed by atoms with Crippen LogP contribution in [0.3, 0.4) is 0 Å². The molecule has 3 aromatic rings. The minimum Gasteiger partial charge on any atom is -0.478 e. The van der Waals surface area contributed by atoms with Crippen LogP contribution >= 0.6 is 0 Å². The van der Waals surface area contributed by atoms with Gasteiger partial charge in [0.05, 0.1) is 23.1 Å². The monoisotopic (exact) mass is 499 g/mol. The van der Waals surface area contributed by atoms with Gasteiger partial charge in [0.15, 0.2) is 0 Å². The molecule has 2 aromatic carbocycles. The summed E-state index contributed by atoms with van der Waals surface area (Å²) in [5.74, 6) is -0.0489. The summed E-state index contributed by atoms with van der Waals surface area (Å²) in [6.07, 6.45) is 2.35. The summed E-state index contributed by atoms with van der Waals surface area (Å²) in [5.41, 5.74) is 1.50. The van der Waals surface area contributed by atoms with E-state index < -0.39 is 10.0 Å². The van der Waals surface area contributed by atoms with Gasteiger partial charge in [0, 0.05) is 23.4 Å². The van der Waals surface area contributed by atoms with Crippen molar-refractivity contribution in [3.8, 4) is 5.88 Å². The SMILES string of the molecule is CCOc1ccc2cc(S(=O)(=O)NC3CCC(C(=O)N[C@H](C)c4ccc(F)cc4)CC3)ccc2n1. The standard InChI is InChI=1S/C26H30FN3O4S/c1-3-34-25-15-8-20-16-23(13-14-24(20)29-25)35(32,33)30-22-11-6-19(7-12-22)26(31)28-17(2)18-4-9-21(27)10-5-18/h4-5,8-10,13-17,19,22,30H,3,6-7,11-12H2,1-2H3,(H,28,31)/t17-,19?,22?/m1/s1. The average molecular weight is 500 g/mol. The van der Waals surface area contributed by atoms with E-state index in [1.807, 2.05) is 13.8 Å². The minimum absolute atomic E-state index is 0.0587. The second-order valence-electron chi connectivity index (χ2n) is 8.89. The van der Waals surface area contributed by atoms with E-state index in [4.69, 9.17) is 4.74 Å². The molecule has 1 heterocycles. The Morgan fingerprint density at radius 1 is 1.09 bits per heavy atom. The molecule has 1 amide bonds. The summed E-state index contributed by atoms with van der Waals surface area (Å²) >= 11 is 0. The average Bonchev–Trinajstić information content (AvgIpc) is 2.84. The van der Waals surface area contributed by atoms with Crippen LogP contribution in [0.5, 0.6) is 5.88 Å². The van der Waals surface area contributed by atoms with Crippen LogP contribution in [-0.4, -0.2) is 32.0 Å². The van der Waals surface area contributed by atoms with Crippen LogP contribution in [0.4, 0.5) is 4.39 Å². The third-order valence-corrected chi connectivity index (χ3v) is 7.90. The topological polar surface area (TPSA) is 97.4 Å². The van der Waals surface area contributed by atoms with E-state index in [0.29, 0.717) is 49.1 Å². The zero-order valence-corrected chi connectivity index (χ0v) is 20.6. The molecular weight excluding hydrogens is 469 g/mol. The molecule has 9 heteroatoms. The van der Waals surface area contributed by atoms with Crippen molar-refractivity contribution in [1.82, 2.24) is 15.0 Å². The molecule has 1 atom stereocenters. The van der Waals surface area contributed by atoms with Crippen LogP contribution < -0.4 is 14.8 Å². The van der Waals surface area contributed by atoms with Crippen LogP contribution in [0, 0.1) is 11.7 Å². The first-order chi connectivity index (χ1) is 16.7. The number of sulfonamides is 1. The predicted octanol–water partition coefficient (Wildman–Crippen LogP) is 4.49. The van der Waals surface area contributed by atoms with E-state index in [1.165, 1.54) is 12.1 Å². The Morgan fingerprint density at radius 2 is 1.80 bits per heavy atom. The van der Waals surface area contributed by atoms with Crippen LogP contribution in [0.15, 0.2) is 59.5 Å². The van der Waals surface area contributed by atoms with Gasteiger partial charge in [-0.2, -0.15) is 0 Å². The molecule has 0 saturated heterocycles. The Kier molecular flexibility index (Phi) is 7.66. The smallest absolute Gasteiger partial charge is 0.240 e. The number of amides is 1. The van der Waals surface area contributed by atoms with Crippen LogP contribution in [0.1, 0.15) is 51.1 Å². The van der Waals surface area contributed by atoms with Crippen LogP contribution in [-0.2, 0) is 14.8 Å². The number of carbonyl (C=O) groups excluding carboxylic acids is 1. The molecule has 0 bridgehead atoms. The lowest BCUT2D eigenvalue weighted by molar-refractivity contribution is -0.126. The summed E-state index contributed by atoms with van der Waals surface area (Å²) in [5, 5.41) is 3.70. The summed E-state index contributed by atoms with van der Waals surface area (Å²) in [6.45, 7) is 4.25. The normalized spacial score (nSPS) is 19.3. The Labute approximate surface area is 205 Å². The molecule has 1 fully saturated rings. The van der Waals surface area contributed by atoms with Crippen molar-refractivity contribution >= 4 is 26.8 Å². The first-order valence-electron chi connectivity index (χ1n) is 11.9. The van der Waals surface area contributed by atoms with Gasteiger partial charge in [-0.3, -0.25) is 4.79 Å². The molecule has 0 radical (unpaired) electrons. The number of rotatable bonds is 8. The molecule has 1 aliphatic rings. The van der Waals surface area contributed by atoms with Gasteiger partial charge in [0.25, 0.3) is 0 Å². The van der Waals surface area contributed by atoms with Gasteiger partial charge < -0.3 is 10.1 Å². The van der Waals surface area contributed by atoms with Crippen molar-refractivity contribution in [2.24, 2.45) is 5.92 Å². The molecule has 186 valence electrons. The van der Waals surface area contributed by atoms with Gasteiger partial charge in [0.2, 0.25) is 21.8 Å². The van der Waals surface area contributed by atoms with Gasteiger partial charge in [-0.25, -0.2) is 22.5 Å². The van der Waals surface area contributed by atoms with Crippen molar-refractivity contribution in [2.45, 2.75) is 56.5 Å². The summed E-state index contributed by atoms with van der Waals surface area (Å²) < 4.78 is 47.3. The lowest BCUT2D eigenvalue weighted by Crippen LogP contribution is -2.41. The highest BCUT2D eigenvalue weighted by atomic mass is 32.2. The summed E-state index contributed by atoms with van der Waals surface area (Å²) in [7, 11) is -3.71. The fourth-order valence-electron chi connectivity index (χ4n) is 4.41. The van der Waals surface area contributed by atoms with Crippen molar-refractivity contribution in [2.75, 3.05) is 6.61 Å². The second kappa shape index (κ2) is 10.7. The molecule has 1 saturated carbocycles. The Hall–Kier alpha value is -3.04. The molecule has 7 nitrogen and oxygen atoms in total. The zero-order valence-electron chi connectivity index (χ0n) is 19.8. The van der Waals surface area contributed by atoms with E-state index in [0.717, 1.165) is 5.56 Å². The quantitative estimate of drug-likeness (QED) is 0.476. The lowest BCUT2D eigenvalue weighted by Gasteiger charge is -2.29. The number of fused-ring (bicyclic) bond motifs is 1. The molecule has 0 spiro atoms. The zero-order chi connectivity index (χ0) is 25.0. The highest BCUT2D eigenvalue weighted by Gasteiger charge is 2.30. The largest absolute Gasteiger partial charge is 0.478 e. The third-order valence-electron chi connectivity index (χ3n) is 6.39. The maximum Gasteiger partial charge on any atom is 0.240 e. The molecule has 2 N–H and O–H groups in total. The number of hydrogen-bond acceptors (Lipinski definition) is 5.